The van der Waals surface area contributed by atoms with Crippen LogP contribution in [0.4, 0.5) is 0 Å². The molecular formula is C26H27N5. The third-order valence-corrected chi connectivity index (χ3v) is 5.18. The van der Waals surface area contributed by atoms with Crippen molar-refractivity contribution in [3.05, 3.63) is 114 Å². The Balaban J connectivity index is 1.41. The molecule has 0 bridgehead atoms. The van der Waals surface area contributed by atoms with E-state index in [1.54, 1.807) is 13.2 Å². The molecule has 5 nitrogen and oxygen atoms in total. The maximum absolute atomic E-state index is 4.35. The molecule has 0 aliphatic rings. The third-order valence-electron chi connectivity index (χ3n) is 5.18. The fraction of sp³-hybridized carbons (Fsp3) is 0.154. The van der Waals surface area contributed by atoms with Crippen molar-refractivity contribution in [3.63, 3.8) is 0 Å². The van der Waals surface area contributed by atoms with Gasteiger partial charge in [-0.2, -0.15) is 0 Å². The molecule has 0 spiro atoms. The van der Waals surface area contributed by atoms with Gasteiger partial charge in [-0.15, -0.1) is 0 Å². The van der Waals surface area contributed by atoms with Crippen LogP contribution in [0.3, 0.4) is 0 Å². The van der Waals surface area contributed by atoms with Crippen LogP contribution in [-0.2, 0) is 19.6 Å². The maximum atomic E-state index is 4.35. The second-order valence-corrected chi connectivity index (χ2v) is 7.35. The molecule has 0 saturated heterocycles. The molecule has 0 amide bonds. The Morgan fingerprint density at radius 3 is 2.32 bits per heavy atom. The minimum Gasteiger partial charge on any atom is -0.352 e. The minimum absolute atomic E-state index is 0.696. The number of nitrogens with one attached hydrogen (secondary N) is 2. The second-order valence-electron chi connectivity index (χ2n) is 7.35. The van der Waals surface area contributed by atoms with Crippen molar-refractivity contribution < 1.29 is 0 Å². The van der Waals surface area contributed by atoms with E-state index in [1.807, 2.05) is 30.7 Å². The number of aromatic nitrogens is 2. The lowest BCUT2D eigenvalue weighted by Gasteiger charge is -2.15. The predicted octanol–water partition coefficient (Wildman–Crippen LogP) is 4.46. The molecule has 4 aromatic rings. The van der Waals surface area contributed by atoms with E-state index in [0.717, 1.165) is 19.0 Å². The molecular weight excluding hydrogens is 382 g/mol. The number of aliphatic imine (C=N–C) groups is 1. The summed E-state index contributed by atoms with van der Waals surface area (Å²) in [6, 6.07) is 27.5. The summed E-state index contributed by atoms with van der Waals surface area (Å²) in [7, 11) is 1.80. The molecule has 0 saturated carbocycles. The van der Waals surface area contributed by atoms with Gasteiger partial charge >= 0.3 is 0 Å². The fourth-order valence-electron chi connectivity index (χ4n) is 3.52. The summed E-state index contributed by atoms with van der Waals surface area (Å²) in [5.74, 6) is 0.786. The molecule has 156 valence electrons. The first-order valence-electron chi connectivity index (χ1n) is 10.4. The van der Waals surface area contributed by atoms with Crippen LogP contribution in [0.15, 0.2) is 103 Å². The van der Waals surface area contributed by atoms with Crippen LogP contribution < -0.4 is 10.6 Å². The van der Waals surface area contributed by atoms with Crippen molar-refractivity contribution in [2.75, 3.05) is 7.05 Å². The fourth-order valence-corrected chi connectivity index (χ4v) is 3.52. The van der Waals surface area contributed by atoms with E-state index < -0.39 is 0 Å². The van der Waals surface area contributed by atoms with Crippen LogP contribution in [0.2, 0.25) is 0 Å². The number of imidazole rings is 1. The van der Waals surface area contributed by atoms with E-state index in [4.69, 9.17) is 0 Å². The predicted molar refractivity (Wildman–Crippen MR) is 127 cm³/mol. The van der Waals surface area contributed by atoms with Crippen molar-refractivity contribution in [1.29, 1.82) is 0 Å². The first kappa shape index (κ1) is 20.4. The SMILES string of the molecule is CN=C(NCc1ccccc1)NCc1ccccc1-c1ccc(Cn2ccnc2)cc1. The average molecular weight is 410 g/mol. The molecule has 0 radical (unpaired) electrons. The van der Waals surface area contributed by atoms with Gasteiger partial charge in [0, 0.05) is 39.1 Å². The summed E-state index contributed by atoms with van der Waals surface area (Å²) in [4.78, 5) is 8.46. The average Bonchev–Trinajstić information content (AvgIpc) is 3.34. The van der Waals surface area contributed by atoms with Gasteiger partial charge in [0.1, 0.15) is 0 Å². The number of rotatable bonds is 7. The summed E-state index contributed by atoms with van der Waals surface area (Å²) in [6.07, 6.45) is 5.63. The number of benzene rings is 3. The molecule has 4 rings (SSSR count). The zero-order valence-corrected chi connectivity index (χ0v) is 17.7. The van der Waals surface area contributed by atoms with Crippen LogP contribution in [0.5, 0.6) is 0 Å². The molecule has 1 aromatic heterocycles. The third kappa shape index (κ3) is 5.60. The van der Waals surface area contributed by atoms with E-state index in [1.165, 1.54) is 27.8 Å². The first-order valence-corrected chi connectivity index (χ1v) is 10.4. The monoisotopic (exact) mass is 409 g/mol. The standard InChI is InChI=1S/C26H27N5/c1-27-26(29-17-21-7-3-2-4-8-21)30-18-24-9-5-6-10-25(24)23-13-11-22(12-14-23)19-31-16-15-28-20-31/h2-16,20H,17-19H2,1H3,(H2,27,29,30). The van der Waals surface area contributed by atoms with Gasteiger partial charge in [-0.25, -0.2) is 4.98 Å². The molecule has 0 unspecified atom stereocenters. The van der Waals surface area contributed by atoms with E-state index >= 15 is 0 Å². The Morgan fingerprint density at radius 2 is 1.58 bits per heavy atom. The first-order chi connectivity index (χ1) is 15.3. The number of nitrogens with zero attached hydrogens (tertiary/aromatic N) is 3. The summed E-state index contributed by atoms with van der Waals surface area (Å²) in [5.41, 5.74) is 6.14. The molecule has 1 heterocycles. The molecule has 3 aromatic carbocycles. The van der Waals surface area contributed by atoms with Gasteiger partial charge in [0.15, 0.2) is 5.96 Å². The molecule has 0 aliphatic carbocycles. The van der Waals surface area contributed by atoms with Crippen molar-refractivity contribution in [1.82, 2.24) is 20.2 Å². The zero-order chi connectivity index (χ0) is 21.3. The van der Waals surface area contributed by atoms with Gasteiger partial charge < -0.3 is 15.2 Å². The number of hydrogen-bond donors (Lipinski definition) is 2. The van der Waals surface area contributed by atoms with Gasteiger partial charge in [-0.1, -0.05) is 78.9 Å². The van der Waals surface area contributed by atoms with Gasteiger partial charge in [0.25, 0.3) is 0 Å². The van der Waals surface area contributed by atoms with Crippen molar-refractivity contribution in [2.45, 2.75) is 19.6 Å². The molecule has 0 aliphatic heterocycles. The van der Waals surface area contributed by atoms with Gasteiger partial charge in [0.2, 0.25) is 0 Å². The summed E-state index contributed by atoms with van der Waals surface area (Å²) >= 11 is 0. The van der Waals surface area contributed by atoms with Crippen LogP contribution >= 0.6 is 0 Å². The highest BCUT2D eigenvalue weighted by Crippen LogP contribution is 2.24. The minimum atomic E-state index is 0.696. The normalized spacial score (nSPS) is 11.3. The highest BCUT2D eigenvalue weighted by Gasteiger charge is 2.06. The highest BCUT2D eigenvalue weighted by molar-refractivity contribution is 5.80. The van der Waals surface area contributed by atoms with Crippen LogP contribution in [0.1, 0.15) is 16.7 Å². The Kier molecular flexibility index (Phi) is 6.75. The number of guanidine groups is 1. The van der Waals surface area contributed by atoms with E-state index in [2.05, 4.69) is 85.8 Å². The lowest BCUT2D eigenvalue weighted by Crippen LogP contribution is -2.36. The lowest BCUT2D eigenvalue weighted by molar-refractivity contribution is 0.797. The molecule has 0 atom stereocenters. The van der Waals surface area contributed by atoms with E-state index in [9.17, 15) is 0 Å². The lowest BCUT2D eigenvalue weighted by atomic mass is 9.98. The number of hydrogen-bond acceptors (Lipinski definition) is 2. The maximum Gasteiger partial charge on any atom is 0.191 e. The van der Waals surface area contributed by atoms with Gasteiger partial charge in [-0.3, -0.25) is 4.99 Å². The Labute approximate surface area is 183 Å². The van der Waals surface area contributed by atoms with Crippen molar-refractivity contribution >= 4 is 5.96 Å². The van der Waals surface area contributed by atoms with Crippen molar-refractivity contribution in [3.8, 4) is 11.1 Å². The Morgan fingerprint density at radius 1 is 0.839 bits per heavy atom. The Bertz CT molecular complexity index is 1100. The van der Waals surface area contributed by atoms with E-state index in [0.29, 0.717) is 6.54 Å². The molecule has 0 fully saturated rings. The van der Waals surface area contributed by atoms with E-state index in [-0.39, 0.29) is 0 Å². The van der Waals surface area contributed by atoms with Gasteiger partial charge in [-0.05, 0) is 27.8 Å². The highest BCUT2D eigenvalue weighted by atomic mass is 15.2. The van der Waals surface area contributed by atoms with Crippen LogP contribution in [0, 0.1) is 0 Å². The Hall–Kier alpha value is -3.86. The smallest absolute Gasteiger partial charge is 0.191 e. The summed E-state index contributed by atoms with van der Waals surface area (Å²) < 4.78 is 2.07. The van der Waals surface area contributed by atoms with Crippen molar-refractivity contribution in [2.24, 2.45) is 4.99 Å². The topological polar surface area (TPSA) is 54.2 Å². The largest absolute Gasteiger partial charge is 0.352 e. The molecule has 5 heteroatoms. The summed E-state index contributed by atoms with van der Waals surface area (Å²) in [6.45, 7) is 2.26. The quantitative estimate of drug-likeness (QED) is 0.350. The summed E-state index contributed by atoms with van der Waals surface area (Å²) in [5, 5.41) is 6.81. The van der Waals surface area contributed by atoms with Crippen LogP contribution in [-0.4, -0.2) is 22.6 Å². The zero-order valence-electron chi connectivity index (χ0n) is 17.7. The van der Waals surface area contributed by atoms with Gasteiger partial charge in [0.05, 0.1) is 6.33 Å². The molecule has 31 heavy (non-hydrogen) atoms. The van der Waals surface area contributed by atoms with Crippen LogP contribution in [0.25, 0.3) is 11.1 Å². The molecule has 2 N–H and O–H groups in total. The second kappa shape index (κ2) is 10.3.